The van der Waals surface area contributed by atoms with Crippen molar-refractivity contribution in [1.29, 1.82) is 0 Å². The van der Waals surface area contributed by atoms with Gasteiger partial charge in [0.1, 0.15) is 10.6 Å². The lowest BCUT2D eigenvalue weighted by Gasteiger charge is -2.10. The molecule has 4 aromatic rings. The average Bonchev–Trinajstić information content (AvgIpc) is 2.84. The number of fused-ring (bicyclic) bond motifs is 2. The zero-order valence-electron chi connectivity index (χ0n) is 17.1. The van der Waals surface area contributed by atoms with E-state index in [1.54, 1.807) is 36.4 Å². The number of azo groups is 1. The van der Waals surface area contributed by atoms with Gasteiger partial charge in [0.2, 0.25) is 0 Å². The third kappa shape index (κ3) is 5.54. The lowest BCUT2D eigenvalue weighted by Crippen LogP contribution is -1.98. The minimum absolute atomic E-state index is 0.0327. The van der Waals surface area contributed by atoms with Crippen molar-refractivity contribution in [2.24, 2.45) is 10.2 Å². The fourth-order valence-corrected chi connectivity index (χ4v) is 4.88. The van der Waals surface area contributed by atoms with Gasteiger partial charge in [-0.3, -0.25) is 4.55 Å². The Kier molecular flexibility index (Phi) is 7.82. The Bertz CT molecular complexity index is 1530. The molecule has 0 amide bonds. The molecular weight excluding hydrogens is 524 g/mol. The second kappa shape index (κ2) is 10.8. The summed E-state index contributed by atoms with van der Waals surface area (Å²) in [6.45, 7) is 0. The molecule has 15 heteroatoms. The number of aromatic hydroxyl groups is 1. The number of phenols is 1. The first-order chi connectivity index (χ1) is 16.8. The van der Waals surface area contributed by atoms with E-state index >= 15 is 0 Å². The van der Waals surface area contributed by atoms with Crippen LogP contribution in [0, 0.1) is 0 Å². The van der Waals surface area contributed by atoms with E-state index in [1.807, 2.05) is 0 Å². The first kappa shape index (κ1) is 25.3. The average molecular weight is 539 g/mol. The third-order valence-corrected chi connectivity index (χ3v) is 6.84. The molecule has 12 nitrogen and oxygen atoms in total. The molecule has 4 N–H and O–H groups in total. The van der Waals surface area contributed by atoms with Gasteiger partial charge in [0, 0.05) is 21.1 Å². The highest BCUT2D eigenvalue weighted by Crippen LogP contribution is 2.45. The number of nitrogens with zero attached hydrogens (tertiary/aromatic N) is 2. The predicted octanol–water partition coefficient (Wildman–Crippen LogP) is 6.22. The zero-order valence-corrected chi connectivity index (χ0v) is 19.6. The van der Waals surface area contributed by atoms with Crippen LogP contribution < -0.4 is 0 Å². The Morgan fingerprint density at radius 3 is 2.23 bits per heavy atom. The SMILES string of the molecule is O=S(=O)(O)c1ccc(N=Nc2c(O)c(SOOO)cc3cc(SOOO)ccc23)c2ccccc12. The Morgan fingerprint density at radius 2 is 1.51 bits per heavy atom. The quantitative estimate of drug-likeness (QED) is 0.0623. The van der Waals surface area contributed by atoms with E-state index in [1.165, 1.54) is 24.3 Å². The van der Waals surface area contributed by atoms with Gasteiger partial charge in [-0.05, 0) is 35.7 Å². The van der Waals surface area contributed by atoms with Crippen LogP contribution in [0.5, 0.6) is 5.75 Å². The van der Waals surface area contributed by atoms with Crippen LogP contribution in [0.3, 0.4) is 0 Å². The summed E-state index contributed by atoms with van der Waals surface area (Å²) in [6.07, 6.45) is 0. The molecule has 0 aromatic heterocycles. The van der Waals surface area contributed by atoms with Gasteiger partial charge in [0.25, 0.3) is 10.1 Å². The van der Waals surface area contributed by atoms with Crippen molar-refractivity contribution in [3.8, 4) is 5.75 Å². The molecule has 0 saturated heterocycles. The van der Waals surface area contributed by atoms with Crippen LogP contribution in [-0.2, 0) is 28.9 Å². The van der Waals surface area contributed by atoms with E-state index in [0.29, 0.717) is 33.1 Å². The highest BCUT2D eigenvalue weighted by atomic mass is 32.2. The normalized spacial score (nSPS) is 12.2. The molecule has 0 unspecified atom stereocenters. The molecule has 0 saturated carbocycles. The minimum atomic E-state index is -4.47. The zero-order chi connectivity index (χ0) is 25.0. The van der Waals surface area contributed by atoms with E-state index in [9.17, 15) is 18.1 Å². The van der Waals surface area contributed by atoms with Crippen molar-refractivity contribution < 1.29 is 47.3 Å². The highest BCUT2D eigenvalue weighted by Gasteiger charge is 2.18. The first-order valence-electron chi connectivity index (χ1n) is 9.33. The summed E-state index contributed by atoms with van der Waals surface area (Å²) < 4.78 is 41.9. The van der Waals surface area contributed by atoms with Crippen LogP contribution in [-0.4, -0.2) is 28.6 Å². The standard InChI is InChI=1S/C20H14N2O10S3/c23-20-17(34-32-30-25)10-11-9-12(33-31-29-24)5-6-13(11)19(20)22-21-16-7-8-18(35(26,27)28)15-4-2-1-3-14(15)16/h1-10,23-25H,(H,26,27,28). The Morgan fingerprint density at radius 1 is 0.800 bits per heavy atom. The monoisotopic (exact) mass is 538 g/mol. The number of benzene rings is 4. The number of hydrogen-bond acceptors (Lipinski definition) is 13. The van der Waals surface area contributed by atoms with E-state index < -0.39 is 10.1 Å². The van der Waals surface area contributed by atoms with Gasteiger partial charge in [-0.2, -0.15) is 8.42 Å². The van der Waals surface area contributed by atoms with E-state index in [2.05, 4.69) is 29.0 Å². The molecule has 35 heavy (non-hydrogen) atoms. The van der Waals surface area contributed by atoms with Crippen molar-refractivity contribution >= 4 is 67.1 Å². The third-order valence-electron chi connectivity index (χ3n) is 4.73. The summed E-state index contributed by atoms with van der Waals surface area (Å²) in [6, 6.07) is 15.4. The number of phenolic OH excluding ortho intramolecular Hbond substituents is 1. The fourth-order valence-electron chi connectivity index (χ4n) is 3.32. The minimum Gasteiger partial charge on any atom is -0.504 e. The maximum absolute atomic E-state index is 11.7. The topological polar surface area (TPSA) is 177 Å². The molecule has 0 atom stereocenters. The molecular formula is C20H14N2O10S3. The predicted molar refractivity (Wildman–Crippen MR) is 125 cm³/mol. The van der Waals surface area contributed by atoms with Gasteiger partial charge in [0.15, 0.2) is 5.75 Å². The lowest BCUT2D eigenvalue weighted by molar-refractivity contribution is -0.432. The molecule has 0 fully saturated rings. The summed E-state index contributed by atoms with van der Waals surface area (Å²) in [7, 11) is -4.47. The van der Waals surface area contributed by atoms with E-state index in [4.69, 9.17) is 10.5 Å². The Balaban J connectivity index is 1.86. The molecule has 0 radical (unpaired) electrons. The molecule has 182 valence electrons. The van der Waals surface area contributed by atoms with Gasteiger partial charge in [-0.25, -0.2) is 10.5 Å². The van der Waals surface area contributed by atoms with E-state index in [0.717, 1.165) is 12.0 Å². The van der Waals surface area contributed by atoms with Crippen molar-refractivity contribution in [1.82, 2.24) is 0 Å². The maximum Gasteiger partial charge on any atom is 0.295 e. The molecule has 0 spiro atoms. The highest BCUT2D eigenvalue weighted by molar-refractivity contribution is 7.94. The van der Waals surface area contributed by atoms with Crippen LogP contribution in [0.25, 0.3) is 21.5 Å². The van der Waals surface area contributed by atoms with Crippen molar-refractivity contribution in [2.75, 3.05) is 0 Å². The van der Waals surface area contributed by atoms with Crippen LogP contribution >= 0.6 is 24.1 Å². The molecule has 0 aliphatic carbocycles. The van der Waals surface area contributed by atoms with Gasteiger partial charge >= 0.3 is 0 Å². The Labute approximate surface area is 205 Å². The molecule has 4 aromatic carbocycles. The molecule has 0 aliphatic rings. The molecule has 0 aliphatic heterocycles. The first-order valence-corrected chi connectivity index (χ1v) is 12.3. The Hall–Kier alpha value is -2.83. The number of rotatable bonds is 9. The van der Waals surface area contributed by atoms with Crippen molar-refractivity contribution in [3.05, 3.63) is 60.7 Å². The second-order valence-corrected chi connectivity index (χ2v) is 9.62. The lowest BCUT2D eigenvalue weighted by atomic mass is 10.1. The summed E-state index contributed by atoms with van der Waals surface area (Å²) in [4.78, 5) is 0.370. The molecule has 4 rings (SSSR count). The molecule has 0 bridgehead atoms. The van der Waals surface area contributed by atoms with Crippen molar-refractivity contribution in [2.45, 2.75) is 14.7 Å². The second-order valence-electron chi connectivity index (χ2n) is 6.71. The number of hydrogen-bond donors (Lipinski definition) is 4. The fraction of sp³-hybridized carbons (Fsp3) is 0. The summed E-state index contributed by atoms with van der Waals surface area (Å²) in [5.41, 5.74) is 0.305. The van der Waals surface area contributed by atoms with Crippen LogP contribution in [0.15, 0.2) is 85.6 Å². The maximum atomic E-state index is 11.7. The van der Waals surface area contributed by atoms with Crippen LogP contribution in [0.1, 0.15) is 0 Å². The van der Waals surface area contributed by atoms with Gasteiger partial charge in [-0.15, -0.1) is 18.9 Å². The van der Waals surface area contributed by atoms with Crippen LogP contribution in [0.4, 0.5) is 11.4 Å². The summed E-state index contributed by atoms with van der Waals surface area (Å²) >= 11 is 1.23. The van der Waals surface area contributed by atoms with Gasteiger partial charge < -0.3 is 5.11 Å². The summed E-state index contributed by atoms with van der Waals surface area (Å²) in [5, 5.41) is 44.9. The van der Waals surface area contributed by atoms with Crippen LogP contribution in [0.2, 0.25) is 0 Å². The summed E-state index contributed by atoms with van der Waals surface area (Å²) in [5.74, 6) is -0.336. The smallest absolute Gasteiger partial charge is 0.295 e. The molecule has 0 heterocycles. The largest absolute Gasteiger partial charge is 0.504 e. The van der Waals surface area contributed by atoms with Crippen molar-refractivity contribution in [3.63, 3.8) is 0 Å². The van der Waals surface area contributed by atoms with Gasteiger partial charge in [0.05, 0.1) is 34.7 Å². The van der Waals surface area contributed by atoms with E-state index in [-0.39, 0.29) is 32.3 Å². The van der Waals surface area contributed by atoms with Gasteiger partial charge in [-0.1, -0.05) is 40.4 Å².